The van der Waals surface area contributed by atoms with Crippen molar-refractivity contribution in [3.63, 3.8) is 0 Å². The quantitative estimate of drug-likeness (QED) is 0.874. The Balaban J connectivity index is 2.21. The zero-order valence-electron chi connectivity index (χ0n) is 11.5. The Labute approximate surface area is 116 Å². The summed E-state index contributed by atoms with van der Waals surface area (Å²) in [6.07, 6.45) is 0. The molecule has 0 spiro atoms. The van der Waals surface area contributed by atoms with Gasteiger partial charge in [-0.05, 0) is 18.4 Å². The van der Waals surface area contributed by atoms with Gasteiger partial charge in [0.1, 0.15) is 0 Å². The van der Waals surface area contributed by atoms with E-state index in [-0.39, 0.29) is 6.04 Å². The van der Waals surface area contributed by atoms with Crippen LogP contribution in [-0.4, -0.2) is 36.1 Å². The smallest absolute Gasteiger partial charge is 0.231 e. The van der Waals surface area contributed by atoms with E-state index >= 15 is 0 Å². The average molecular weight is 278 g/mol. The molecule has 1 unspecified atom stereocenters. The van der Waals surface area contributed by atoms with Crippen LogP contribution in [0.25, 0.3) is 0 Å². The number of anilines is 3. The molecule has 2 heterocycles. The van der Waals surface area contributed by atoms with Crippen LogP contribution in [0.3, 0.4) is 0 Å². The van der Waals surface area contributed by atoms with Gasteiger partial charge in [-0.15, -0.1) is 11.3 Å². The summed E-state index contributed by atoms with van der Waals surface area (Å²) in [5.74, 6) is 1.75. The number of aromatic nitrogens is 3. The van der Waals surface area contributed by atoms with Gasteiger partial charge in [0.15, 0.2) is 0 Å². The van der Waals surface area contributed by atoms with Crippen molar-refractivity contribution in [2.24, 2.45) is 0 Å². The van der Waals surface area contributed by atoms with Crippen LogP contribution >= 0.6 is 11.3 Å². The first kappa shape index (κ1) is 13.5. The molecule has 0 aromatic carbocycles. The summed E-state index contributed by atoms with van der Waals surface area (Å²) in [7, 11) is 5.60. The minimum absolute atomic E-state index is 0.169. The van der Waals surface area contributed by atoms with E-state index in [1.807, 2.05) is 25.1 Å². The Bertz CT molecular complexity index is 525. The summed E-state index contributed by atoms with van der Waals surface area (Å²) < 4.78 is 0. The number of nitrogens with zero attached hydrogens (tertiary/aromatic N) is 4. The predicted octanol–water partition coefficient (Wildman–Crippen LogP) is 2.21. The number of nitrogens with one attached hydrogen (secondary N) is 2. The highest BCUT2D eigenvalue weighted by Crippen LogP contribution is 2.22. The van der Waals surface area contributed by atoms with Crippen molar-refractivity contribution < 1.29 is 0 Å². The zero-order chi connectivity index (χ0) is 13.8. The highest BCUT2D eigenvalue weighted by Gasteiger charge is 2.11. The molecule has 7 heteroatoms. The lowest BCUT2D eigenvalue weighted by molar-refractivity contribution is 0.864. The van der Waals surface area contributed by atoms with Crippen LogP contribution in [0.4, 0.5) is 17.8 Å². The van der Waals surface area contributed by atoms with Gasteiger partial charge in [0.25, 0.3) is 0 Å². The van der Waals surface area contributed by atoms with Crippen LogP contribution in [0, 0.1) is 0 Å². The molecule has 0 fully saturated rings. The van der Waals surface area contributed by atoms with E-state index in [0.29, 0.717) is 17.8 Å². The molecule has 2 N–H and O–H groups in total. The first-order valence-electron chi connectivity index (χ1n) is 6.01. The van der Waals surface area contributed by atoms with Gasteiger partial charge in [-0.2, -0.15) is 15.0 Å². The second-order valence-corrected chi connectivity index (χ2v) is 5.29. The molecule has 0 radical (unpaired) electrons. The van der Waals surface area contributed by atoms with Crippen molar-refractivity contribution in [1.82, 2.24) is 15.0 Å². The molecule has 0 aliphatic heterocycles. The van der Waals surface area contributed by atoms with Gasteiger partial charge < -0.3 is 15.5 Å². The van der Waals surface area contributed by atoms with Crippen LogP contribution in [0.5, 0.6) is 0 Å². The predicted molar refractivity (Wildman–Crippen MR) is 80.1 cm³/mol. The molecule has 6 nitrogen and oxygen atoms in total. The van der Waals surface area contributed by atoms with Crippen molar-refractivity contribution in [2.75, 3.05) is 36.7 Å². The normalized spacial score (nSPS) is 12.0. The van der Waals surface area contributed by atoms with Gasteiger partial charge in [0.05, 0.1) is 6.04 Å². The topological polar surface area (TPSA) is 66.0 Å². The van der Waals surface area contributed by atoms with E-state index in [1.165, 1.54) is 4.88 Å². The van der Waals surface area contributed by atoms with E-state index in [1.54, 1.807) is 18.4 Å². The summed E-state index contributed by atoms with van der Waals surface area (Å²) in [6, 6.07) is 4.30. The maximum atomic E-state index is 4.39. The lowest BCUT2D eigenvalue weighted by atomic mass is 10.3. The molecule has 102 valence electrons. The van der Waals surface area contributed by atoms with E-state index in [9.17, 15) is 0 Å². The molecule has 2 aromatic rings. The fourth-order valence-electron chi connectivity index (χ4n) is 1.54. The number of thiophene rings is 1. The highest BCUT2D eigenvalue weighted by molar-refractivity contribution is 7.10. The van der Waals surface area contributed by atoms with Crippen molar-refractivity contribution in [2.45, 2.75) is 13.0 Å². The van der Waals surface area contributed by atoms with Gasteiger partial charge in [0.2, 0.25) is 17.8 Å². The standard InChI is InChI=1S/C12H18N6S/c1-8(9-6-5-7-19-9)14-11-15-10(13-2)16-12(17-11)18(3)4/h5-8H,1-4H3,(H2,13,14,15,16,17). The maximum absolute atomic E-state index is 4.39. The van der Waals surface area contributed by atoms with Crippen molar-refractivity contribution in [3.05, 3.63) is 22.4 Å². The summed E-state index contributed by atoms with van der Waals surface area (Å²) in [5, 5.41) is 8.30. The van der Waals surface area contributed by atoms with E-state index in [2.05, 4.69) is 44.0 Å². The Morgan fingerprint density at radius 1 is 1.21 bits per heavy atom. The molecule has 0 amide bonds. The fourth-order valence-corrected chi connectivity index (χ4v) is 2.28. The van der Waals surface area contributed by atoms with Crippen LogP contribution < -0.4 is 15.5 Å². The van der Waals surface area contributed by atoms with Crippen molar-refractivity contribution in [1.29, 1.82) is 0 Å². The van der Waals surface area contributed by atoms with Crippen molar-refractivity contribution >= 4 is 29.2 Å². The molecule has 0 saturated carbocycles. The third-order valence-corrected chi connectivity index (χ3v) is 3.62. The number of hydrogen-bond acceptors (Lipinski definition) is 7. The lowest BCUT2D eigenvalue weighted by Crippen LogP contribution is -2.17. The number of hydrogen-bond donors (Lipinski definition) is 2. The van der Waals surface area contributed by atoms with Gasteiger partial charge in [-0.3, -0.25) is 0 Å². The minimum atomic E-state index is 0.169. The third kappa shape index (κ3) is 3.31. The van der Waals surface area contributed by atoms with E-state index in [0.717, 1.165) is 0 Å². The molecule has 0 aliphatic carbocycles. The second kappa shape index (κ2) is 5.83. The second-order valence-electron chi connectivity index (χ2n) is 4.31. The molecular formula is C12H18N6S. The summed E-state index contributed by atoms with van der Waals surface area (Å²) in [4.78, 5) is 16.1. The fraction of sp³-hybridized carbons (Fsp3) is 0.417. The van der Waals surface area contributed by atoms with Crippen LogP contribution in [0.15, 0.2) is 17.5 Å². The van der Waals surface area contributed by atoms with Gasteiger partial charge in [0, 0.05) is 26.0 Å². The monoisotopic (exact) mass is 278 g/mol. The molecule has 1 atom stereocenters. The third-order valence-electron chi connectivity index (χ3n) is 2.56. The SMILES string of the molecule is CNc1nc(NC(C)c2cccs2)nc(N(C)C)n1. The molecule has 2 aromatic heterocycles. The zero-order valence-corrected chi connectivity index (χ0v) is 12.3. The first-order chi connectivity index (χ1) is 9.10. The van der Waals surface area contributed by atoms with Crippen LogP contribution in [0.2, 0.25) is 0 Å². The Morgan fingerprint density at radius 3 is 2.53 bits per heavy atom. The maximum Gasteiger partial charge on any atom is 0.231 e. The molecule has 19 heavy (non-hydrogen) atoms. The number of rotatable bonds is 5. The summed E-state index contributed by atoms with van der Waals surface area (Å²) in [5.41, 5.74) is 0. The highest BCUT2D eigenvalue weighted by atomic mass is 32.1. The van der Waals surface area contributed by atoms with Gasteiger partial charge >= 0.3 is 0 Å². The minimum Gasteiger partial charge on any atom is -0.357 e. The summed E-state index contributed by atoms with van der Waals surface area (Å²) in [6.45, 7) is 2.09. The lowest BCUT2D eigenvalue weighted by Gasteiger charge is -2.16. The molecule has 0 saturated heterocycles. The molecule has 0 aliphatic rings. The molecule has 0 bridgehead atoms. The first-order valence-corrected chi connectivity index (χ1v) is 6.89. The van der Waals surface area contributed by atoms with E-state index < -0.39 is 0 Å². The van der Waals surface area contributed by atoms with E-state index in [4.69, 9.17) is 0 Å². The average Bonchev–Trinajstić information content (AvgIpc) is 2.92. The van der Waals surface area contributed by atoms with Crippen LogP contribution in [0.1, 0.15) is 17.8 Å². The molecular weight excluding hydrogens is 260 g/mol. The van der Waals surface area contributed by atoms with Crippen LogP contribution in [-0.2, 0) is 0 Å². The largest absolute Gasteiger partial charge is 0.357 e. The van der Waals surface area contributed by atoms with Gasteiger partial charge in [-0.25, -0.2) is 0 Å². The van der Waals surface area contributed by atoms with Crippen molar-refractivity contribution in [3.8, 4) is 0 Å². The Kier molecular flexibility index (Phi) is 4.16. The Morgan fingerprint density at radius 2 is 1.95 bits per heavy atom. The summed E-state index contributed by atoms with van der Waals surface area (Å²) >= 11 is 1.71. The van der Waals surface area contributed by atoms with Gasteiger partial charge in [-0.1, -0.05) is 6.07 Å². The molecule has 2 rings (SSSR count). The Hall–Kier alpha value is -1.89.